The Balaban J connectivity index is 1.86. The lowest BCUT2D eigenvalue weighted by molar-refractivity contribution is -0.384. The van der Waals surface area contributed by atoms with Crippen LogP contribution in [0.25, 0.3) is 0 Å². The second kappa shape index (κ2) is 7.20. The van der Waals surface area contributed by atoms with E-state index < -0.39 is 4.92 Å². The van der Waals surface area contributed by atoms with Crippen LogP contribution in [-0.4, -0.2) is 57.4 Å². The van der Waals surface area contributed by atoms with Gasteiger partial charge in [0.05, 0.1) is 4.92 Å². The second-order valence-corrected chi connectivity index (χ2v) is 6.44. The Morgan fingerprint density at radius 1 is 1.40 bits per heavy atom. The predicted molar refractivity (Wildman–Crippen MR) is 93.6 cm³/mol. The fraction of sp³-hybridized carbons (Fsp3) is 0.688. The molecule has 0 bridgehead atoms. The molecule has 1 saturated heterocycles. The molecule has 1 N–H and O–H groups in total. The number of hydrogen-bond donors (Lipinski definition) is 1. The van der Waals surface area contributed by atoms with Crippen LogP contribution in [0.3, 0.4) is 0 Å². The SMILES string of the molecule is CCN(CC)C(=O)[C@@H]1CCCN1c1ncc([N+](=O)[O-])c(NC2CC2)n1. The van der Waals surface area contributed by atoms with E-state index in [9.17, 15) is 14.9 Å². The van der Waals surface area contributed by atoms with Gasteiger partial charge in [0.15, 0.2) is 0 Å². The summed E-state index contributed by atoms with van der Waals surface area (Å²) in [6, 6.07) is -0.0525. The van der Waals surface area contributed by atoms with Crippen LogP contribution in [0, 0.1) is 10.1 Å². The van der Waals surface area contributed by atoms with Crippen molar-refractivity contribution in [3.63, 3.8) is 0 Å². The van der Waals surface area contributed by atoms with Crippen molar-refractivity contribution in [2.24, 2.45) is 0 Å². The van der Waals surface area contributed by atoms with Crippen LogP contribution in [0.5, 0.6) is 0 Å². The topological polar surface area (TPSA) is 104 Å². The maximum Gasteiger partial charge on any atom is 0.329 e. The van der Waals surface area contributed by atoms with Crippen LogP contribution < -0.4 is 10.2 Å². The highest BCUT2D eigenvalue weighted by molar-refractivity contribution is 5.85. The Morgan fingerprint density at radius 3 is 2.72 bits per heavy atom. The first kappa shape index (κ1) is 17.4. The molecule has 0 radical (unpaired) electrons. The van der Waals surface area contributed by atoms with Crippen LogP contribution in [0.1, 0.15) is 39.5 Å². The van der Waals surface area contributed by atoms with Crippen LogP contribution >= 0.6 is 0 Å². The van der Waals surface area contributed by atoms with Gasteiger partial charge in [-0.1, -0.05) is 0 Å². The third kappa shape index (κ3) is 3.64. The Labute approximate surface area is 146 Å². The minimum atomic E-state index is -0.475. The standard InChI is InChI=1S/C16H24N6O3/c1-3-20(4-2)15(23)12-6-5-9-21(12)16-17-10-13(22(24)25)14(19-16)18-11-7-8-11/h10-12H,3-9H2,1-2H3,(H,17,18,19)/t12-/m0/s1. The van der Waals surface area contributed by atoms with Gasteiger partial charge >= 0.3 is 5.69 Å². The maximum atomic E-state index is 12.7. The molecule has 9 heteroatoms. The number of rotatable bonds is 7. The van der Waals surface area contributed by atoms with Crippen molar-refractivity contribution in [1.82, 2.24) is 14.9 Å². The van der Waals surface area contributed by atoms with Crippen molar-refractivity contribution < 1.29 is 9.72 Å². The van der Waals surface area contributed by atoms with Gasteiger partial charge in [-0.2, -0.15) is 4.98 Å². The number of nitro groups is 1. The molecule has 1 atom stereocenters. The van der Waals surface area contributed by atoms with E-state index in [1.807, 2.05) is 18.7 Å². The summed E-state index contributed by atoms with van der Waals surface area (Å²) in [4.78, 5) is 35.7. The van der Waals surface area contributed by atoms with E-state index in [0.29, 0.717) is 25.6 Å². The average Bonchev–Trinajstić information content (AvgIpc) is 3.27. The highest BCUT2D eigenvalue weighted by Gasteiger charge is 2.35. The van der Waals surface area contributed by atoms with Crippen molar-refractivity contribution in [2.75, 3.05) is 29.9 Å². The van der Waals surface area contributed by atoms with Gasteiger partial charge in [0, 0.05) is 25.7 Å². The summed E-state index contributed by atoms with van der Waals surface area (Å²) in [6.07, 6.45) is 4.85. The summed E-state index contributed by atoms with van der Waals surface area (Å²) in [7, 11) is 0. The normalized spacial score (nSPS) is 19.8. The van der Waals surface area contributed by atoms with Gasteiger partial charge in [0.1, 0.15) is 12.2 Å². The molecule has 1 saturated carbocycles. The number of likely N-dealkylation sites (N-methyl/N-ethyl adjacent to an activating group) is 1. The van der Waals surface area contributed by atoms with Gasteiger partial charge in [-0.25, -0.2) is 4.98 Å². The maximum absolute atomic E-state index is 12.7. The van der Waals surface area contributed by atoms with E-state index >= 15 is 0 Å². The largest absolute Gasteiger partial charge is 0.361 e. The first-order valence-electron chi connectivity index (χ1n) is 8.88. The molecule has 0 aromatic carbocycles. The number of nitrogens with zero attached hydrogens (tertiary/aromatic N) is 5. The van der Waals surface area contributed by atoms with Gasteiger partial charge in [-0.15, -0.1) is 0 Å². The summed E-state index contributed by atoms with van der Waals surface area (Å²) in [5.74, 6) is 0.705. The molecule has 0 spiro atoms. The quantitative estimate of drug-likeness (QED) is 0.591. The van der Waals surface area contributed by atoms with Gasteiger partial charge in [-0.05, 0) is 39.5 Å². The van der Waals surface area contributed by atoms with Crippen molar-refractivity contribution in [3.05, 3.63) is 16.3 Å². The highest BCUT2D eigenvalue weighted by Crippen LogP contribution is 2.32. The van der Waals surface area contributed by atoms with Crippen molar-refractivity contribution in [2.45, 2.75) is 51.6 Å². The molecule has 1 amide bonds. The molecule has 9 nitrogen and oxygen atoms in total. The second-order valence-electron chi connectivity index (χ2n) is 6.44. The summed E-state index contributed by atoms with van der Waals surface area (Å²) >= 11 is 0. The van der Waals surface area contributed by atoms with Gasteiger partial charge < -0.3 is 15.1 Å². The van der Waals surface area contributed by atoms with Crippen LogP contribution in [0.2, 0.25) is 0 Å². The minimum Gasteiger partial charge on any atom is -0.361 e. The molecule has 1 aromatic rings. The monoisotopic (exact) mass is 348 g/mol. The van der Waals surface area contributed by atoms with Crippen LogP contribution in [0.15, 0.2) is 6.20 Å². The van der Waals surface area contributed by atoms with Gasteiger partial charge in [0.2, 0.25) is 17.7 Å². The molecule has 25 heavy (non-hydrogen) atoms. The van der Waals surface area contributed by atoms with Crippen molar-refractivity contribution >= 4 is 23.4 Å². The van der Waals surface area contributed by atoms with Crippen molar-refractivity contribution in [3.8, 4) is 0 Å². The molecular weight excluding hydrogens is 324 g/mol. The Bertz CT molecular complexity index is 659. The fourth-order valence-electron chi connectivity index (χ4n) is 3.17. The number of carbonyl (C=O) groups is 1. The van der Waals surface area contributed by atoms with Crippen LogP contribution in [0.4, 0.5) is 17.5 Å². The fourth-order valence-corrected chi connectivity index (χ4v) is 3.17. The number of nitrogens with one attached hydrogen (secondary N) is 1. The number of amides is 1. The van der Waals surface area contributed by atoms with E-state index in [1.54, 1.807) is 4.90 Å². The lowest BCUT2D eigenvalue weighted by Crippen LogP contribution is -2.46. The van der Waals surface area contributed by atoms with Crippen LogP contribution in [-0.2, 0) is 4.79 Å². The first-order valence-corrected chi connectivity index (χ1v) is 8.88. The average molecular weight is 348 g/mol. The Hall–Kier alpha value is -2.45. The van der Waals surface area contributed by atoms with E-state index in [-0.39, 0.29) is 29.5 Å². The molecule has 2 heterocycles. The first-order chi connectivity index (χ1) is 12.0. The zero-order chi connectivity index (χ0) is 18.0. The number of anilines is 2. The number of aromatic nitrogens is 2. The summed E-state index contributed by atoms with van der Waals surface area (Å²) < 4.78 is 0. The predicted octanol–water partition coefficient (Wildman–Crippen LogP) is 1.80. The van der Waals surface area contributed by atoms with E-state index in [1.165, 1.54) is 6.20 Å². The molecule has 2 fully saturated rings. The van der Waals surface area contributed by atoms with E-state index in [4.69, 9.17) is 0 Å². The molecule has 1 aliphatic carbocycles. The third-order valence-electron chi connectivity index (χ3n) is 4.74. The van der Waals surface area contributed by atoms with Gasteiger partial charge in [-0.3, -0.25) is 14.9 Å². The Kier molecular flexibility index (Phi) is 5.00. The molecule has 3 rings (SSSR count). The lowest BCUT2D eigenvalue weighted by atomic mass is 10.2. The zero-order valence-corrected chi connectivity index (χ0v) is 14.6. The van der Waals surface area contributed by atoms with Gasteiger partial charge in [0.25, 0.3) is 0 Å². The van der Waals surface area contributed by atoms with Crippen molar-refractivity contribution in [1.29, 1.82) is 0 Å². The molecule has 136 valence electrons. The number of carbonyl (C=O) groups excluding carboxylic acids is 1. The smallest absolute Gasteiger partial charge is 0.329 e. The molecule has 2 aliphatic rings. The zero-order valence-electron chi connectivity index (χ0n) is 14.6. The molecule has 0 unspecified atom stereocenters. The summed E-state index contributed by atoms with van der Waals surface area (Å²) in [5.41, 5.74) is -0.124. The molecule has 1 aliphatic heterocycles. The third-order valence-corrected chi connectivity index (χ3v) is 4.74. The highest BCUT2D eigenvalue weighted by atomic mass is 16.6. The van der Waals surface area contributed by atoms with E-state index in [0.717, 1.165) is 25.7 Å². The van der Waals surface area contributed by atoms with E-state index in [2.05, 4.69) is 15.3 Å². The molecular formula is C16H24N6O3. The summed E-state index contributed by atoms with van der Waals surface area (Å²) in [6.45, 7) is 5.92. The molecule has 1 aromatic heterocycles. The lowest BCUT2D eigenvalue weighted by Gasteiger charge is -2.29. The minimum absolute atomic E-state index is 0.0705. The summed E-state index contributed by atoms with van der Waals surface area (Å²) in [5, 5.41) is 14.3. The Morgan fingerprint density at radius 2 is 2.12 bits per heavy atom. The number of hydrogen-bond acceptors (Lipinski definition) is 7.